The maximum absolute atomic E-state index is 13.5. The van der Waals surface area contributed by atoms with Crippen LogP contribution in [0.4, 0.5) is 4.39 Å². The molecule has 0 amide bonds. The fourth-order valence-electron chi connectivity index (χ4n) is 2.79. The number of aliphatic hydroxyl groups is 1. The van der Waals surface area contributed by atoms with Crippen LogP contribution in [0.1, 0.15) is 23.5 Å². The molecular formula is C19H22ClFN4OS. The number of thiophene rings is 1. The minimum Gasteiger partial charge on any atom is -0.386 e. The lowest BCUT2D eigenvalue weighted by atomic mass is 10.1. The second-order valence-corrected chi connectivity index (χ2v) is 7.80. The molecule has 0 saturated carbocycles. The Hall–Kier alpha value is -2.09. The van der Waals surface area contributed by atoms with Crippen molar-refractivity contribution in [3.05, 3.63) is 57.1 Å². The lowest BCUT2D eigenvalue weighted by molar-refractivity contribution is 0.191. The first-order chi connectivity index (χ1) is 13.1. The predicted octanol–water partition coefficient (Wildman–Crippen LogP) is 3.85. The minimum absolute atomic E-state index is 0.241. The van der Waals surface area contributed by atoms with Gasteiger partial charge in [-0.25, -0.2) is 4.39 Å². The number of guanidine groups is 1. The maximum atomic E-state index is 13.5. The zero-order chi connectivity index (χ0) is 19.2. The predicted molar refractivity (Wildman–Crippen MR) is 110 cm³/mol. The fraction of sp³-hybridized carbons (Fsp3) is 0.316. The molecule has 0 radical (unpaired) electrons. The molecule has 0 saturated heterocycles. The van der Waals surface area contributed by atoms with Gasteiger partial charge >= 0.3 is 0 Å². The summed E-state index contributed by atoms with van der Waals surface area (Å²) in [6.45, 7) is 3.57. The third-order valence-corrected chi connectivity index (χ3v) is 5.44. The number of aromatic amines is 1. The zero-order valence-electron chi connectivity index (χ0n) is 14.9. The van der Waals surface area contributed by atoms with Gasteiger partial charge in [-0.3, -0.25) is 4.99 Å². The molecule has 5 nitrogen and oxygen atoms in total. The summed E-state index contributed by atoms with van der Waals surface area (Å²) in [4.78, 5) is 8.38. The second kappa shape index (κ2) is 9.21. The van der Waals surface area contributed by atoms with Crippen LogP contribution in [-0.2, 0) is 6.42 Å². The average Bonchev–Trinajstić information content (AvgIpc) is 3.26. The number of hydrogen-bond acceptors (Lipinski definition) is 3. The highest BCUT2D eigenvalue weighted by atomic mass is 35.5. The van der Waals surface area contributed by atoms with Crippen molar-refractivity contribution in [1.29, 1.82) is 0 Å². The molecule has 2 heterocycles. The Labute approximate surface area is 166 Å². The van der Waals surface area contributed by atoms with E-state index >= 15 is 0 Å². The Morgan fingerprint density at radius 2 is 2.19 bits per heavy atom. The Bertz CT molecular complexity index is 923. The molecule has 1 aromatic carbocycles. The van der Waals surface area contributed by atoms with Crippen LogP contribution in [0.2, 0.25) is 4.34 Å². The molecule has 27 heavy (non-hydrogen) atoms. The van der Waals surface area contributed by atoms with Crippen LogP contribution >= 0.6 is 22.9 Å². The Morgan fingerprint density at radius 3 is 2.93 bits per heavy atom. The van der Waals surface area contributed by atoms with Crippen LogP contribution in [0.5, 0.6) is 0 Å². The van der Waals surface area contributed by atoms with Gasteiger partial charge in [0.2, 0.25) is 0 Å². The molecule has 0 spiro atoms. The number of aromatic nitrogens is 1. The highest BCUT2D eigenvalue weighted by molar-refractivity contribution is 7.16. The first-order valence-corrected chi connectivity index (χ1v) is 9.97. The van der Waals surface area contributed by atoms with Gasteiger partial charge in [-0.1, -0.05) is 11.6 Å². The lowest BCUT2D eigenvalue weighted by Crippen LogP contribution is -2.38. The number of aliphatic hydroxyl groups excluding tert-OH is 1. The topological polar surface area (TPSA) is 72.4 Å². The number of halogens is 2. The van der Waals surface area contributed by atoms with E-state index in [2.05, 4.69) is 20.6 Å². The molecule has 2 aromatic heterocycles. The Kier molecular flexibility index (Phi) is 6.71. The molecule has 1 atom stereocenters. The third kappa shape index (κ3) is 5.22. The summed E-state index contributed by atoms with van der Waals surface area (Å²) in [6, 6.07) is 8.31. The van der Waals surface area contributed by atoms with Gasteiger partial charge in [-0.05, 0) is 49.2 Å². The van der Waals surface area contributed by atoms with Gasteiger partial charge in [0.1, 0.15) is 11.9 Å². The molecule has 1 unspecified atom stereocenters. The van der Waals surface area contributed by atoms with Crippen LogP contribution < -0.4 is 10.6 Å². The number of benzene rings is 1. The van der Waals surface area contributed by atoms with E-state index < -0.39 is 6.10 Å². The van der Waals surface area contributed by atoms with Crippen molar-refractivity contribution < 1.29 is 9.50 Å². The molecule has 0 aliphatic heterocycles. The van der Waals surface area contributed by atoms with Crippen molar-refractivity contribution in [3.8, 4) is 0 Å². The summed E-state index contributed by atoms with van der Waals surface area (Å²) in [6.07, 6.45) is 1.94. The van der Waals surface area contributed by atoms with Crippen molar-refractivity contribution in [2.75, 3.05) is 19.6 Å². The average molecular weight is 409 g/mol. The molecule has 8 heteroatoms. The second-order valence-electron chi connectivity index (χ2n) is 6.06. The first-order valence-electron chi connectivity index (χ1n) is 8.78. The largest absolute Gasteiger partial charge is 0.386 e. The molecular weight excluding hydrogens is 387 g/mol. The summed E-state index contributed by atoms with van der Waals surface area (Å²) < 4.78 is 14.1. The van der Waals surface area contributed by atoms with Crippen LogP contribution in [0.15, 0.2) is 41.5 Å². The van der Waals surface area contributed by atoms with Crippen molar-refractivity contribution >= 4 is 39.8 Å². The lowest BCUT2D eigenvalue weighted by Gasteiger charge is -2.12. The van der Waals surface area contributed by atoms with E-state index in [-0.39, 0.29) is 12.4 Å². The smallest absolute Gasteiger partial charge is 0.191 e. The quantitative estimate of drug-likeness (QED) is 0.354. The van der Waals surface area contributed by atoms with Crippen LogP contribution in [-0.4, -0.2) is 35.7 Å². The summed E-state index contributed by atoms with van der Waals surface area (Å²) in [5.41, 5.74) is 1.96. The van der Waals surface area contributed by atoms with Gasteiger partial charge in [0.15, 0.2) is 5.96 Å². The normalized spacial score (nSPS) is 13.1. The van der Waals surface area contributed by atoms with E-state index in [1.54, 1.807) is 18.2 Å². The molecule has 3 rings (SSSR count). The van der Waals surface area contributed by atoms with Gasteiger partial charge < -0.3 is 20.7 Å². The Balaban J connectivity index is 1.58. The number of aliphatic imine (C=N–C) groups is 1. The van der Waals surface area contributed by atoms with Crippen molar-refractivity contribution in [2.45, 2.75) is 19.4 Å². The van der Waals surface area contributed by atoms with E-state index in [0.717, 1.165) is 27.8 Å². The van der Waals surface area contributed by atoms with E-state index in [0.29, 0.717) is 23.4 Å². The van der Waals surface area contributed by atoms with Crippen molar-refractivity contribution in [1.82, 2.24) is 15.6 Å². The van der Waals surface area contributed by atoms with Gasteiger partial charge in [0, 0.05) is 35.1 Å². The van der Waals surface area contributed by atoms with Crippen molar-refractivity contribution in [2.24, 2.45) is 4.99 Å². The minimum atomic E-state index is -0.686. The molecule has 144 valence electrons. The molecule has 0 aliphatic carbocycles. The number of H-pyrrole nitrogens is 1. The van der Waals surface area contributed by atoms with E-state index in [4.69, 9.17) is 11.6 Å². The molecule has 0 fully saturated rings. The highest BCUT2D eigenvalue weighted by Gasteiger charge is 2.10. The van der Waals surface area contributed by atoms with Crippen LogP contribution in [0.25, 0.3) is 10.9 Å². The SMILES string of the molecule is CCNC(=NCC(O)c1ccc(Cl)s1)NCCc1c[nH]c2ccc(F)cc12. The highest BCUT2D eigenvalue weighted by Crippen LogP contribution is 2.27. The number of rotatable bonds is 7. The monoisotopic (exact) mass is 408 g/mol. The summed E-state index contributed by atoms with van der Waals surface area (Å²) in [5, 5.41) is 17.5. The van der Waals surface area contributed by atoms with Crippen LogP contribution in [0, 0.1) is 5.82 Å². The zero-order valence-corrected chi connectivity index (χ0v) is 16.5. The summed E-state index contributed by atoms with van der Waals surface area (Å²) in [5.74, 6) is 0.388. The van der Waals surface area contributed by atoms with Gasteiger partial charge in [-0.2, -0.15) is 0 Å². The van der Waals surface area contributed by atoms with Gasteiger partial charge in [0.25, 0.3) is 0 Å². The third-order valence-electron chi connectivity index (χ3n) is 4.11. The van der Waals surface area contributed by atoms with E-state index in [9.17, 15) is 9.50 Å². The number of nitrogens with one attached hydrogen (secondary N) is 3. The van der Waals surface area contributed by atoms with Crippen molar-refractivity contribution in [3.63, 3.8) is 0 Å². The molecule has 3 aromatic rings. The molecule has 0 aliphatic rings. The fourth-order valence-corrected chi connectivity index (χ4v) is 3.83. The summed E-state index contributed by atoms with van der Waals surface area (Å²) >= 11 is 7.26. The first kappa shape index (κ1) is 19.7. The number of hydrogen-bond donors (Lipinski definition) is 4. The van der Waals surface area contributed by atoms with Crippen LogP contribution in [0.3, 0.4) is 0 Å². The summed E-state index contributed by atoms with van der Waals surface area (Å²) in [7, 11) is 0. The number of fused-ring (bicyclic) bond motifs is 1. The molecule has 0 bridgehead atoms. The standard InChI is InChI=1S/C19H22ClFN4OS/c1-2-22-19(25-11-16(26)17-5-6-18(20)27-17)23-8-7-12-10-24-15-4-3-13(21)9-14(12)15/h3-6,9-10,16,24,26H,2,7-8,11H2,1H3,(H2,22,23,25). The van der Waals surface area contributed by atoms with Gasteiger partial charge in [-0.15, -0.1) is 11.3 Å². The molecule has 4 N–H and O–H groups in total. The van der Waals surface area contributed by atoms with E-state index in [1.165, 1.54) is 17.4 Å². The van der Waals surface area contributed by atoms with Gasteiger partial charge in [0.05, 0.1) is 10.9 Å². The van der Waals surface area contributed by atoms with E-state index in [1.807, 2.05) is 19.2 Å². The maximum Gasteiger partial charge on any atom is 0.191 e. The number of nitrogens with zero attached hydrogens (tertiary/aromatic N) is 1. The Morgan fingerprint density at radius 1 is 1.33 bits per heavy atom.